The van der Waals surface area contributed by atoms with Crippen LogP contribution in [0, 0.1) is 5.41 Å². The molecule has 0 spiro atoms. The van der Waals surface area contributed by atoms with E-state index >= 15 is 0 Å². The Bertz CT molecular complexity index is 368. The Hall–Kier alpha value is -1.35. The van der Waals surface area contributed by atoms with Crippen LogP contribution in [0.3, 0.4) is 0 Å². The minimum Gasteiger partial charge on any atom is -0.461 e. The lowest BCUT2D eigenvalue weighted by molar-refractivity contribution is -0.155. The molecule has 0 aliphatic carbocycles. The van der Waals surface area contributed by atoms with E-state index in [1.165, 1.54) is 0 Å². The third kappa shape index (κ3) is 3.86. The van der Waals surface area contributed by atoms with Gasteiger partial charge in [-0.15, -0.1) is 0 Å². The monoisotopic (exact) mass is 235 g/mol. The molecule has 0 aliphatic heterocycles. The summed E-state index contributed by atoms with van der Waals surface area (Å²) in [4.78, 5) is 11.9. The van der Waals surface area contributed by atoms with Gasteiger partial charge in [0.15, 0.2) is 0 Å². The van der Waals surface area contributed by atoms with Crippen molar-refractivity contribution < 1.29 is 9.53 Å². The van der Waals surface area contributed by atoms with Crippen molar-refractivity contribution in [3.8, 4) is 0 Å². The van der Waals surface area contributed by atoms with E-state index in [0.717, 1.165) is 5.56 Å². The summed E-state index contributed by atoms with van der Waals surface area (Å²) in [6, 6.07) is 8.55. The minimum absolute atomic E-state index is 0.0773. The molecule has 0 radical (unpaired) electrons. The number of rotatable bonds is 3. The van der Waals surface area contributed by atoms with Gasteiger partial charge in [-0.2, -0.15) is 0 Å². The van der Waals surface area contributed by atoms with Crippen LogP contribution in [0.15, 0.2) is 30.3 Å². The molecule has 17 heavy (non-hydrogen) atoms. The molecule has 1 rings (SSSR count). The second-order valence-corrected chi connectivity index (χ2v) is 5.33. The number of carbonyl (C=O) groups is 1. The molecule has 1 aromatic carbocycles. The molecule has 2 N–H and O–H groups in total. The van der Waals surface area contributed by atoms with Crippen molar-refractivity contribution in [3.05, 3.63) is 35.9 Å². The number of hydrogen-bond acceptors (Lipinski definition) is 3. The standard InChI is InChI=1S/C14H21NO2/c1-10(14(2,3)4)17-13(16)12(15)11-8-6-5-7-9-11/h5-10,12H,15H2,1-4H3/t10-,12+/m0/s1. The van der Waals surface area contributed by atoms with Gasteiger partial charge in [-0.25, -0.2) is 4.79 Å². The smallest absolute Gasteiger partial charge is 0.327 e. The Labute approximate surface area is 103 Å². The molecule has 2 atom stereocenters. The molecule has 0 aliphatic rings. The van der Waals surface area contributed by atoms with Crippen LogP contribution in [0.5, 0.6) is 0 Å². The molecule has 0 aromatic heterocycles. The highest BCUT2D eigenvalue weighted by Crippen LogP contribution is 2.23. The van der Waals surface area contributed by atoms with Crippen LogP contribution >= 0.6 is 0 Å². The lowest BCUT2D eigenvalue weighted by atomic mass is 9.90. The quantitative estimate of drug-likeness (QED) is 0.819. The summed E-state index contributed by atoms with van der Waals surface area (Å²) in [5.41, 5.74) is 6.55. The van der Waals surface area contributed by atoms with Gasteiger partial charge in [-0.3, -0.25) is 0 Å². The largest absolute Gasteiger partial charge is 0.461 e. The van der Waals surface area contributed by atoms with Crippen molar-refractivity contribution in [2.24, 2.45) is 11.1 Å². The molecule has 0 heterocycles. The first-order valence-corrected chi connectivity index (χ1v) is 5.83. The summed E-state index contributed by atoms with van der Waals surface area (Å²) in [5.74, 6) is -0.376. The summed E-state index contributed by atoms with van der Waals surface area (Å²) < 4.78 is 5.37. The maximum Gasteiger partial charge on any atom is 0.327 e. The van der Waals surface area contributed by atoms with Crippen molar-refractivity contribution in [1.29, 1.82) is 0 Å². The molecule has 0 saturated carbocycles. The Morgan fingerprint density at radius 2 is 1.76 bits per heavy atom. The number of hydrogen-bond donors (Lipinski definition) is 1. The fraction of sp³-hybridized carbons (Fsp3) is 0.500. The molecule has 0 unspecified atom stereocenters. The van der Waals surface area contributed by atoms with Gasteiger partial charge in [-0.1, -0.05) is 51.1 Å². The van der Waals surface area contributed by atoms with Gasteiger partial charge >= 0.3 is 5.97 Å². The van der Waals surface area contributed by atoms with E-state index in [-0.39, 0.29) is 17.5 Å². The average molecular weight is 235 g/mol. The fourth-order valence-electron chi connectivity index (χ4n) is 1.22. The van der Waals surface area contributed by atoms with E-state index in [0.29, 0.717) is 0 Å². The molecule has 3 nitrogen and oxygen atoms in total. The molecule has 0 saturated heterocycles. The molecule has 0 bridgehead atoms. The van der Waals surface area contributed by atoms with Gasteiger partial charge < -0.3 is 10.5 Å². The van der Waals surface area contributed by atoms with E-state index in [1.54, 1.807) is 0 Å². The average Bonchev–Trinajstić information content (AvgIpc) is 2.27. The lowest BCUT2D eigenvalue weighted by Gasteiger charge is -2.28. The molecular weight excluding hydrogens is 214 g/mol. The summed E-state index contributed by atoms with van der Waals surface area (Å²) >= 11 is 0. The van der Waals surface area contributed by atoms with Crippen LogP contribution in [-0.4, -0.2) is 12.1 Å². The van der Waals surface area contributed by atoms with Gasteiger partial charge in [0.05, 0.1) is 0 Å². The Kier molecular flexibility index (Phi) is 4.29. The van der Waals surface area contributed by atoms with Crippen LogP contribution in [0.1, 0.15) is 39.3 Å². The number of benzene rings is 1. The molecule has 1 aromatic rings. The topological polar surface area (TPSA) is 52.3 Å². The first-order chi connectivity index (χ1) is 7.82. The summed E-state index contributed by atoms with van der Waals surface area (Å²) in [6.45, 7) is 7.96. The fourth-order valence-corrected chi connectivity index (χ4v) is 1.22. The third-order valence-corrected chi connectivity index (χ3v) is 2.93. The molecule has 0 amide bonds. The molecule has 0 fully saturated rings. The lowest BCUT2D eigenvalue weighted by Crippen LogP contribution is -2.33. The molecule has 3 heteroatoms. The van der Waals surface area contributed by atoms with E-state index in [1.807, 2.05) is 58.0 Å². The first-order valence-electron chi connectivity index (χ1n) is 5.83. The second kappa shape index (κ2) is 5.32. The predicted molar refractivity (Wildman–Crippen MR) is 68.4 cm³/mol. The van der Waals surface area contributed by atoms with Crippen LogP contribution in [0.4, 0.5) is 0 Å². The highest BCUT2D eigenvalue weighted by Gasteiger charge is 2.26. The van der Waals surface area contributed by atoms with Crippen LogP contribution in [0.2, 0.25) is 0 Å². The Morgan fingerprint density at radius 1 is 1.24 bits per heavy atom. The van der Waals surface area contributed by atoms with Crippen molar-refractivity contribution in [2.75, 3.05) is 0 Å². The maximum atomic E-state index is 11.9. The van der Waals surface area contributed by atoms with Crippen LogP contribution in [0.25, 0.3) is 0 Å². The number of esters is 1. The van der Waals surface area contributed by atoms with Gasteiger partial charge in [0.2, 0.25) is 0 Å². The van der Waals surface area contributed by atoms with Crippen molar-refractivity contribution in [1.82, 2.24) is 0 Å². The predicted octanol–water partition coefficient (Wildman–Crippen LogP) is 2.66. The van der Waals surface area contributed by atoms with Gasteiger partial charge in [-0.05, 0) is 17.9 Å². The third-order valence-electron chi connectivity index (χ3n) is 2.93. The zero-order valence-corrected chi connectivity index (χ0v) is 10.9. The minimum atomic E-state index is -0.707. The van der Waals surface area contributed by atoms with Crippen LogP contribution < -0.4 is 5.73 Å². The van der Waals surface area contributed by atoms with Crippen molar-refractivity contribution in [2.45, 2.75) is 39.8 Å². The summed E-state index contributed by atoms with van der Waals surface area (Å²) in [6.07, 6.45) is -0.162. The van der Waals surface area contributed by atoms with Crippen molar-refractivity contribution in [3.63, 3.8) is 0 Å². The normalized spacial score (nSPS) is 15.1. The Morgan fingerprint density at radius 3 is 2.24 bits per heavy atom. The van der Waals surface area contributed by atoms with E-state index < -0.39 is 6.04 Å². The number of carbonyl (C=O) groups excluding carboxylic acids is 1. The van der Waals surface area contributed by atoms with Crippen molar-refractivity contribution >= 4 is 5.97 Å². The maximum absolute atomic E-state index is 11.9. The highest BCUT2D eigenvalue weighted by atomic mass is 16.5. The number of nitrogens with two attached hydrogens (primary N) is 1. The second-order valence-electron chi connectivity index (χ2n) is 5.33. The molecule has 94 valence electrons. The highest BCUT2D eigenvalue weighted by molar-refractivity contribution is 5.77. The first kappa shape index (κ1) is 13.7. The zero-order valence-electron chi connectivity index (χ0n) is 10.9. The SMILES string of the molecule is C[C@H](OC(=O)[C@H](N)c1ccccc1)C(C)(C)C. The van der Waals surface area contributed by atoms with Gasteiger partial charge in [0.1, 0.15) is 12.1 Å². The van der Waals surface area contributed by atoms with E-state index in [2.05, 4.69) is 0 Å². The zero-order chi connectivity index (χ0) is 13.1. The van der Waals surface area contributed by atoms with E-state index in [4.69, 9.17) is 10.5 Å². The molecular formula is C14H21NO2. The van der Waals surface area contributed by atoms with Gasteiger partial charge in [0.25, 0.3) is 0 Å². The Balaban J connectivity index is 2.66. The van der Waals surface area contributed by atoms with E-state index in [9.17, 15) is 4.79 Å². The number of ether oxygens (including phenoxy) is 1. The van der Waals surface area contributed by atoms with Crippen LogP contribution in [-0.2, 0) is 9.53 Å². The summed E-state index contributed by atoms with van der Waals surface area (Å²) in [7, 11) is 0. The summed E-state index contributed by atoms with van der Waals surface area (Å²) in [5, 5.41) is 0. The van der Waals surface area contributed by atoms with Gasteiger partial charge in [0, 0.05) is 0 Å².